The van der Waals surface area contributed by atoms with Gasteiger partial charge in [-0.05, 0) is 25.8 Å². The number of hydrogen-bond acceptors (Lipinski definition) is 4. The van der Waals surface area contributed by atoms with Crippen molar-refractivity contribution in [1.82, 2.24) is 25.4 Å². The van der Waals surface area contributed by atoms with Gasteiger partial charge in [0.1, 0.15) is 0 Å². The van der Waals surface area contributed by atoms with Crippen LogP contribution in [0.3, 0.4) is 0 Å². The molecule has 7 heteroatoms. The standard InChI is InChI=1S/C16H26N6S/c1-4-14-11-20-15(23-14)6-7-18-16(17-5-2)19-8-9-22-12-13(3)10-21-22/h10-12H,4-9H2,1-3H3,(H2,17,18,19). The van der Waals surface area contributed by atoms with Crippen LogP contribution in [0.1, 0.15) is 29.3 Å². The minimum absolute atomic E-state index is 0.743. The van der Waals surface area contributed by atoms with Gasteiger partial charge in [0.2, 0.25) is 0 Å². The highest BCUT2D eigenvalue weighted by Crippen LogP contribution is 2.13. The Morgan fingerprint density at radius 1 is 1.30 bits per heavy atom. The minimum Gasteiger partial charge on any atom is -0.357 e. The topological polar surface area (TPSA) is 67.1 Å². The van der Waals surface area contributed by atoms with Gasteiger partial charge in [-0.15, -0.1) is 11.3 Å². The van der Waals surface area contributed by atoms with Crippen molar-refractivity contribution in [2.24, 2.45) is 4.99 Å². The molecule has 0 fully saturated rings. The summed E-state index contributed by atoms with van der Waals surface area (Å²) in [4.78, 5) is 10.4. The summed E-state index contributed by atoms with van der Waals surface area (Å²) >= 11 is 1.78. The van der Waals surface area contributed by atoms with Crippen LogP contribution >= 0.6 is 11.3 Å². The van der Waals surface area contributed by atoms with Crippen molar-refractivity contribution in [2.45, 2.75) is 40.2 Å². The van der Waals surface area contributed by atoms with Gasteiger partial charge >= 0.3 is 0 Å². The highest BCUT2D eigenvalue weighted by Gasteiger charge is 2.01. The molecule has 2 rings (SSSR count). The van der Waals surface area contributed by atoms with Crippen molar-refractivity contribution in [2.75, 3.05) is 19.6 Å². The van der Waals surface area contributed by atoms with Crippen LogP contribution in [0, 0.1) is 6.92 Å². The monoisotopic (exact) mass is 334 g/mol. The summed E-state index contributed by atoms with van der Waals surface area (Å²) in [6.07, 6.45) is 7.83. The molecule has 0 unspecified atom stereocenters. The van der Waals surface area contributed by atoms with Crippen LogP contribution in [-0.2, 0) is 19.4 Å². The van der Waals surface area contributed by atoms with E-state index in [1.165, 1.54) is 10.4 Å². The number of nitrogens with zero attached hydrogens (tertiary/aromatic N) is 4. The second-order valence-electron chi connectivity index (χ2n) is 5.29. The Balaban J connectivity index is 1.77. The Labute approximate surface area is 142 Å². The van der Waals surface area contributed by atoms with Crippen LogP contribution in [0.15, 0.2) is 23.6 Å². The maximum Gasteiger partial charge on any atom is 0.191 e. The van der Waals surface area contributed by atoms with Crippen LogP contribution in [0.4, 0.5) is 0 Å². The summed E-state index contributed by atoms with van der Waals surface area (Å²) in [5, 5.41) is 12.1. The van der Waals surface area contributed by atoms with Crippen molar-refractivity contribution in [3.63, 3.8) is 0 Å². The first-order chi connectivity index (χ1) is 11.2. The number of aromatic nitrogens is 3. The second kappa shape index (κ2) is 9.29. The Morgan fingerprint density at radius 3 is 2.83 bits per heavy atom. The summed E-state index contributed by atoms with van der Waals surface area (Å²) in [7, 11) is 0. The fourth-order valence-corrected chi connectivity index (χ4v) is 2.96. The largest absolute Gasteiger partial charge is 0.357 e. The van der Waals surface area contributed by atoms with Crippen molar-refractivity contribution < 1.29 is 0 Å². The van der Waals surface area contributed by atoms with Gasteiger partial charge in [0, 0.05) is 43.3 Å². The van der Waals surface area contributed by atoms with Crippen LogP contribution in [0.25, 0.3) is 0 Å². The molecule has 0 saturated carbocycles. The third kappa shape index (κ3) is 6.02. The molecule has 2 aromatic heterocycles. The molecule has 0 aromatic carbocycles. The molecule has 0 aliphatic heterocycles. The first-order valence-corrected chi connectivity index (χ1v) is 8.97. The van der Waals surface area contributed by atoms with Crippen molar-refractivity contribution in [1.29, 1.82) is 0 Å². The fraction of sp³-hybridized carbons (Fsp3) is 0.562. The zero-order valence-electron chi connectivity index (χ0n) is 14.2. The molecule has 2 heterocycles. The normalized spacial score (nSPS) is 11.7. The summed E-state index contributed by atoms with van der Waals surface area (Å²) in [5.74, 6) is 0.851. The van der Waals surface area contributed by atoms with E-state index in [9.17, 15) is 0 Å². The van der Waals surface area contributed by atoms with E-state index < -0.39 is 0 Å². The summed E-state index contributed by atoms with van der Waals surface area (Å²) in [6, 6.07) is 0. The lowest BCUT2D eigenvalue weighted by Crippen LogP contribution is -2.39. The van der Waals surface area contributed by atoms with E-state index in [-0.39, 0.29) is 0 Å². The van der Waals surface area contributed by atoms with Crippen molar-refractivity contribution in [3.8, 4) is 0 Å². The number of thiazole rings is 1. The molecule has 2 N–H and O–H groups in total. The van der Waals surface area contributed by atoms with E-state index in [2.05, 4.69) is 39.6 Å². The molecule has 2 aromatic rings. The van der Waals surface area contributed by atoms with Gasteiger partial charge in [-0.2, -0.15) is 5.10 Å². The number of rotatable bonds is 8. The maximum absolute atomic E-state index is 4.61. The van der Waals surface area contributed by atoms with Gasteiger partial charge in [-0.1, -0.05) is 6.92 Å². The molecule has 0 radical (unpaired) electrons. The first-order valence-electron chi connectivity index (χ1n) is 8.16. The minimum atomic E-state index is 0.743. The van der Waals surface area contributed by atoms with Crippen LogP contribution in [0.5, 0.6) is 0 Å². The van der Waals surface area contributed by atoms with Crippen molar-refractivity contribution >= 4 is 17.3 Å². The van der Waals surface area contributed by atoms with Gasteiger partial charge in [-0.25, -0.2) is 4.98 Å². The van der Waals surface area contributed by atoms with Gasteiger partial charge in [0.05, 0.1) is 17.7 Å². The number of aryl methyl sites for hydroxylation is 2. The van der Waals surface area contributed by atoms with E-state index in [0.717, 1.165) is 50.0 Å². The Hall–Kier alpha value is -1.89. The average molecular weight is 334 g/mol. The lowest BCUT2D eigenvalue weighted by molar-refractivity contribution is 0.597. The van der Waals surface area contributed by atoms with E-state index in [0.29, 0.717) is 0 Å². The smallest absolute Gasteiger partial charge is 0.191 e. The van der Waals surface area contributed by atoms with E-state index in [4.69, 9.17) is 0 Å². The Bertz CT molecular complexity index is 616. The highest BCUT2D eigenvalue weighted by atomic mass is 32.1. The van der Waals surface area contributed by atoms with Crippen LogP contribution < -0.4 is 10.6 Å². The van der Waals surface area contributed by atoms with Gasteiger partial charge in [0.25, 0.3) is 0 Å². The van der Waals surface area contributed by atoms with Gasteiger partial charge < -0.3 is 10.6 Å². The zero-order valence-corrected chi connectivity index (χ0v) is 15.0. The van der Waals surface area contributed by atoms with Crippen LogP contribution in [-0.4, -0.2) is 40.4 Å². The Kier molecular flexibility index (Phi) is 7.06. The lowest BCUT2D eigenvalue weighted by atomic mass is 10.4. The molecule has 0 atom stereocenters. The first kappa shape index (κ1) is 17.5. The molecule has 0 aliphatic carbocycles. The number of nitrogens with one attached hydrogen (secondary N) is 2. The quantitative estimate of drug-likeness (QED) is 0.572. The molecular formula is C16H26N6S. The SMILES string of the molecule is CCNC(=NCCc1ncc(CC)s1)NCCn1cc(C)cn1. The molecule has 0 amide bonds. The van der Waals surface area contributed by atoms with Crippen LogP contribution in [0.2, 0.25) is 0 Å². The lowest BCUT2D eigenvalue weighted by Gasteiger charge is -2.11. The average Bonchev–Trinajstić information content (AvgIpc) is 3.16. The predicted molar refractivity (Wildman–Crippen MR) is 96.1 cm³/mol. The predicted octanol–water partition coefficient (Wildman–Crippen LogP) is 2.01. The molecule has 23 heavy (non-hydrogen) atoms. The number of hydrogen-bond donors (Lipinski definition) is 2. The van der Waals surface area contributed by atoms with Gasteiger partial charge in [0.15, 0.2) is 5.96 Å². The van der Waals surface area contributed by atoms with Gasteiger partial charge in [-0.3, -0.25) is 9.67 Å². The molecule has 6 nitrogen and oxygen atoms in total. The molecule has 0 spiro atoms. The maximum atomic E-state index is 4.61. The molecule has 0 saturated heterocycles. The summed E-state index contributed by atoms with van der Waals surface area (Å²) in [5.41, 5.74) is 1.18. The number of guanidine groups is 1. The third-order valence-electron chi connectivity index (χ3n) is 3.29. The molecule has 0 aliphatic rings. The number of aliphatic imine (C=N–C) groups is 1. The van der Waals surface area contributed by atoms with E-state index >= 15 is 0 Å². The molecule has 0 bridgehead atoms. The Morgan fingerprint density at radius 2 is 2.17 bits per heavy atom. The highest BCUT2D eigenvalue weighted by molar-refractivity contribution is 7.11. The molecular weight excluding hydrogens is 308 g/mol. The third-order valence-corrected chi connectivity index (χ3v) is 4.49. The fourth-order valence-electron chi connectivity index (χ4n) is 2.11. The second-order valence-corrected chi connectivity index (χ2v) is 6.49. The molecule has 126 valence electrons. The van der Waals surface area contributed by atoms with E-state index in [1.807, 2.05) is 30.2 Å². The zero-order chi connectivity index (χ0) is 16.5. The summed E-state index contributed by atoms with van der Waals surface area (Å²) in [6.45, 7) is 9.49. The summed E-state index contributed by atoms with van der Waals surface area (Å²) < 4.78 is 1.94. The van der Waals surface area contributed by atoms with E-state index in [1.54, 1.807) is 11.3 Å². The van der Waals surface area contributed by atoms with Crippen molar-refractivity contribution in [3.05, 3.63) is 34.0 Å².